The normalized spacial score (nSPS) is 11.3. The summed E-state index contributed by atoms with van der Waals surface area (Å²) in [5.41, 5.74) is 0.997. The Hall–Kier alpha value is -2.80. The van der Waals surface area contributed by atoms with E-state index in [1.54, 1.807) is 22.9 Å². The van der Waals surface area contributed by atoms with Gasteiger partial charge in [-0.25, -0.2) is 14.6 Å². The molecule has 0 aliphatic rings. The lowest BCUT2D eigenvalue weighted by Gasteiger charge is -2.04. The molecule has 0 unspecified atom stereocenters. The molecular weight excluding hydrogens is 340 g/mol. The molecule has 0 aliphatic heterocycles. The van der Waals surface area contributed by atoms with Crippen molar-refractivity contribution in [1.29, 1.82) is 0 Å². The SMILES string of the molecule is CCOC(=O)c1c(SC=CC(=O)OC)nc2c3ccccc3ccn12. The van der Waals surface area contributed by atoms with E-state index in [0.29, 0.717) is 16.4 Å². The van der Waals surface area contributed by atoms with Crippen molar-refractivity contribution in [3.8, 4) is 0 Å². The number of pyridine rings is 1. The molecule has 0 N–H and O–H groups in total. The lowest BCUT2D eigenvalue weighted by atomic mass is 10.2. The van der Waals surface area contributed by atoms with Crippen molar-refractivity contribution in [3.63, 3.8) is 0 Å². The number of methoxy groups -OCH3 is 1. The number of nitrogens with zero attached hydrogens (tertiary/aromatic N) is 2. The molecule has 7 heteroatoms. The molecule has 2 aromatic heterocycles. The summed E-state index contributed by atoms with van der Waals surface area (Å²) in [6.45, 7) is 2.02. The van der Waals surface area contributed by atoms with Crippen LogP contribution in [-0.4, -0.2) is 35.0 Å². The number of carbonyl (C=O) groups is 2. The highest BCUT2D eigenvalue weighted by molar-refractivity contribution is 8.02. The van der Waals surface area contributed by atoms with Gasteiger partial charge in [-0.1, -0.05) is 36.0 Å². The Bertz CT molecular complexity index is 978. The third-order valence-corrected chi connectivity index (χ3v) is 4.32. The van der Waals surface area contributed by atoms with Gasteiger partial charge in [-0.2, -0.15) is 0 Å². The van der Waals surface area contributed by atoms with Crippen LogP contribution in [0.5, 0.6) is 0 Å². The molecule has 0 amide bonds. The van der Waals surface area contributed by atoms with E-state index in [9.17, 15) is 9.59 Å². The number of benzene rings is 1. The Kier molecular flexibility index (Phi) is 5.04. The quantitative estimate of drug-likeness (QED) is 0.396. The average molecular weight is 356 g/mol. The van der Waals surface area contributed by atoms with Crippen molar-refractivity contribution in [3.05, 3.63) is 53.7 Å². The lowest BCUT2D eigenvalue weighted by molar-refractivity contribution is -0.134. The zero-order valence-electron chi connectivity index (χ0n) is 13.8. The topological polar surface area (TPSA) is 69.9 Å². The first-order chi connectivity index (χ1) is 12.2. The van der Waals surface area contributed by atoms with Gasteiger partial charge in [-0.15, -0.1) is 0 Å². The number of thioether (sulfide) groups is 1. The summed E-state index contributed by atoms with van der Waals surface area (Å²) in [6.07, 6.45) is 3.08. The summed E-state index contributed by atoms with van der Waals surface area (Å²) in [7, 11) is 1.30. The van der Waals surface area contributed by atoms with E-state index in [0.717, 1.165) is 10.8 Å². The van der Waals surface area contributed by atoms with E-state index < -0.39 is 11.9 Å². The van der Waals surface area contributed by atoms with Crippen LogP contribution in [-0.2, 0) is 14.3 Å². The number of esters is 2. The minimum absolute atomic E-state index is 0.266. The number of fused-ring (bicyclic) bond motifs is 3. The van der Waals surface area contributed by atoms with Crippen molar-refractivity contribution in [2.75, 3.05) is 13.7 Å². The molecule has 6 nitrogen and oxygen atoms in total. The maximum Gasteiger partial charge on any atom is 0.358 e. The van der Waals surface area contributed by atoms with Gasteiger partial charge < -0.3 is 9.47 Å². The van der Waals surface area contributed by atoms with E-state index in [4.69, 9.17) is 4.74 Å². The van der Waals surface area contributed by atoms with E-state index >= 15 is 0 Å². The first-order valence-corrected chi connectivity index (χ1v) is 8.51. The molecule has 1 aromatic carbocycles. The average Bonchev–Trinajstić information content (AvgIpc) is 3.00. The molecule has 0 spiro atoms. The second-order valence-corrected chi connectivity index (χ2v) is 5.92. The molecule has 3 aromatic rings. The highest BCUT2D eigenvalue weighted by Crippen LogP contribution is 2.29. The van der Waals surface area contributed by atoms with Crippen LogP contribution in [0.25, 0.3) is 16.4 Å². The summed E-state index contributed by atoms with van der Waals surface area (Å²) in [5.74, 6) is -0.932. The largest absolute Gasteiger partial charge is 0.466 e. The lowest BCUT2D eigenvalue weighted by Crippen LogP contribution is -2.09. The predicted octanol–water partition coefficient (Wildman–Crippen LogP) is 3.44. The predicted molar refractivity (Wildman–Crippen MR) is 95.7 cm³/mol. The second-order valence-electron chi connectivity index (χ2n) is 5.03. The van der Waals surface area contributed by atoms with Crippen LogP contribution in [0.4, 0.5) is 0 Å². The van der Waals surface area contributed by atoms with Crippen LogP contribution in [0.2, 0.25) is 0 Å². The minimum Gasteiger partial charge on any atom is -0.466 e. The number of carbonyl (C=O) groups excluding carboxylic acids is 2. The molecule has 0 saturated heterocycles. The molecule has 3 rings (SSSR count). The Morgan fingerprint density at radius 2 is 2.08 bits per heavy atom. The Labute approximate surface area is 148 Å². The van der Waals surface area contributed by atoms with E-state index in [-0.39, 0.29) is 6.61 Å². The number of hydrogen-bond acceptors (Lipinski definition) is 6. The van der Waals surface area contributed by atoms with Gasteiger partial charge in [0.05, 0.1) is 13.7 Å². The zero-order chi connectivity index (χ0) is 17.8. The molecule has 0 fully saturated rings. The van der Waals surface area contributed by atoms with Crippen molar-refractivity contribution < 1.29 is 19.1 Å². The van der Waals surface area contributed by atoms with Gasteiger partial charge in [-0.05, 0) is 23.8 Å². The van der Waals surface area contributed by atoms with Gasteiger partial charge in [0.15, 0.2) is 5.69 Å². The maximum atomic E-state index is 12.4. The molecule has 0 saturated carbocycles. The third-order valence-electron chi connectivity index (χ3n) is 3.54. The summed E-state index contributed by atoms with van der Waals surface area (Å²) in [4.78, 5) is 28.2. The summed E-state index contributed by atoms with van der Waals surface area (Å²) >= 11 is 1.17. The molecule has 2 heterocycles. The molecule has 128 valence electrons. The Morgan fingerprint density at radius 3 is 2.84 bits per heavy atom. The fraction of sp³-hybridized carbons (Fsp3) is 0.167. The standard InChI is InChI=1S/C18H16N2O4S/c1-3-24-18(22)15-17(25-11-9-14(21)23-2)19-16-13-7-5-4-6-12(13)8-10-20(15)16/h4-11H,3H2,1-2H3. The van der Waals surface area contributed by atoms with Gasteiger partial charge in [-0.3, -0.25) is 4.40 Å². The van der Waals surface area contributed by atoms with Crippen LogP contribution in [0.3, 0.4) is 0 Å². The van der Waals surface area contributed by atoms with Crippen LogP contribution in [0, 0.1) is 0 Å². The maximum absolute atomic E-state index is 12.4. The van der Waals surface area contributed by atoms with Crippen LogP contribution in [0.15, 0.2) is 53.0 Å². The van der Waals surface area contributed by atoms with Crippen LogP contribution < -0.4 is 0 Å². The third kappa shape index (κ3) is 3.36. The number of imidazole rings is 1. The van der Waals surface area contributed by atoms with Gasteiger partial charge in [0.25, 0.3) is 0 Å². The fourth-order valence-corrected chi connectivity index (χ4v) is 3.18. The second kappa shape index (κ2) is 7.40. The zero-order valence-corrected chi connectivity index (χ0v) is 14.6. The number of aromatic nitrogens is 2. The highest BCUT2D eigenvalue weighted by Gasteiger charge is 2.21. The van der Waals surface area contributed by atoms with Gasteiger partial charge in [0, 0.05) is 17.7 Å². The molecule has 0 aliphatic carbocycles. The van der Waals surface area contributed by atoms with Gasteiger partial charge >= 0.3 is 11.9 Å². The molecule has 0 bridgehead atoms. The summed E-state index contributed by atoms with van der Waals surface area (Å²) < 4.78 is 11.4. The number of hydrogen-bond donors (Lipinski definition) is 0. The van der Waals surface area contributed by atoms with Crippen molar-refractivity contribution >= 4 is 40.1 Å². The summed E-state index contributed by atoms with van der Waals surface area (Å²) in [6, 6.07) is 9.72. The van der Waals surface area contributed by atoms with Crippen molar-refractivity contribution in [1.82, 2.24) is 9.38 Å². The first kappa shape index (κ1) is 17.0. The molecule has 0 atom stereocenters. The van der Waals surface area contributed by atoms with E-state index in [2.05, 4.69) is 9.72 Å². The molecule has 0 radical (unpaired) electrons. The number of rotatable bonds is 5. The Balaban J connectivity index is 2.14. The van der Waals surface area contributed by atoms with E-state index in [1.807, 2.05) is 30.3 Å². The highest BCUT2D eigenvalue weighted by atomic mass is 32.2. The van der Waals surface area contributed by atoms with Crippen LogP contribution in [0.1, 0.15) is 17.4 Å². The Morgan fingerprint density at radius 1 is 1.28 bits per heavy atom. The fourth-order valence-electron chi connectivity index (χ4n) is 2.44. The summed E-state index contributed by atoms with van der Waals surface area (Å²) in [5, 5.41) is 3.96. The molecular formula is C18H16N2O4S. The number of ether oxygens (including phenoxy) is 2. The first-order valence-electron chi connectivity index (χ1n) is 7.63. The smallest absolute Gasteiger partial charge is 0.358 e. The molecule has 25 heavy (non-hydrogen) atoms. The van der Waals surface area contributed by atoms with Crippen molar-refractivity contribution in [2.24, 2.45) is 0 Å². The monoisotopic (exact) mass is 356 g/mol. The van der Waals surface area contributed by atoms with Crippen LogP contribution >= 0.6 is 11.8 Å². The van der Waals surface area contributed by atoms with Crippen molar-refractivity contribution in [2.45, 2.75) is 11.9 Å². The van der Waals surface area contributed by atoms with E-state index in [1.165, 1.54) is 24.9 Å². The van der Waals surface area contributed by atoms with Gasteiger partial charge in [0.2, 0.25) is 0 Å². The van der Waals surface area contributed by atoms with Gasteiger partial charge in [0.1, 0.15) is 10.7 Å². The minimum atomic E-state index is -0.473.